The first-order valence-corrected chi connectivity index (χ1v) is 15.9. The summed E-state index contributed by atoms with van der Waals surface area (Å²) in [6.07, 6.45) is 8.42. The van der Waals surface area contributed by atoms with E-state index in [2.05, 4.69) is 53.8 Å². The van der Waals surface area contributed by atoms with Crippen LogP contribution in [0.2, 0.25) is 13.1 Å². The third kappa shape index (κ3) is 3.20. The monoisotopic (exact) mass is 460 g/mol. The van der Waals surface area contributed by atoms with Crippen molar-refractivity contribution < 1.29 is 18.7 Å². The molecular weight excluding hydrogens is 416 g/mol. The Kier molecular flexibility index (Phi) is 5.45. The van der Waals surface area contributed by atoms with Gasteiger partial charge in [0.05, 0.1) is 19.3 Å². The van der Waals surface area contributed by atoms with Gasteiger partial charge in [-0.1, -0.05) is 40.2 Å². The fraction of sp³-hybridized carbons (Fsp3) is 0.889. The maximum atomic E-state index is 12.8. The summed E-state index contributed by atoms with van der Waals surface area (Å²) < 4.78 is 19.7. The van der Waals surface area contributed by atoms with E-state index in [1.165, 1.54) is 31.3 Å². The number of ketones is 1. The maximum absolute atomic E-state index is 12.8. The van der Waals surface area contributed by atoms with Crippen LogP contribution in [-0.4, -0.2) is 39.9 Å². The van der Waals surface area contributed by atoms with Gasteiger partial charge in [0.1, 0.15) is 5.78 Å². The normalized spacial score (nSPS) is 45.6. The van der Waals surface area contributed by atoms with Crippen molar-refractivity contribution in [3.05, 3.63) is 11.6 Å². The molecule has 4 aliphatic carbocycles. The fourth-order valence-corrected chi connectivity index (χ4v) is 10.2. The number of fused-ring (bicyclic) bond motifs is 6. The molecule has 7 atom stereocenters. The first-order chi connectivity index (χ1) is 14.9. The van der Waals surface area contributed by atoms with Crippen LogP contribution >= 0.6 is 0 Å². The zero-order valence-corrected chi connectivity index (χ0v) is 22.5. The van der Waals surface area contributed by atoms with Gasteiger partial charge in [-0.25, -0.2) is 0 Å². The van der Waals surface area contributed by atoms with E-state index in [1.807, 2.05) is 0 Å². The van der Waals surface area contributed by atoms with E-state index < -0.39 is 14.8 Å². The molecule has 5 rings (SSSR count). The van der Waals surface area contributed by atoms with Gasteiger partial charge in [0.2, 0.25) is 0 Å². The lowest BCUT2D eigenvalue weighted by Crippen LogP contribution is -2.63. The van der Waals surface area contributed by atoms with Crippen LogP contribution in [-0.2, 0) is 18.7 Å². The summed E-state index contributed by atoms with van der Waals surface area (Å²) in [5, 5.41) is 0. The molecule has 4 fully saturated rings. The van der Waals surface area contributed by atoms with Gasteiger partial charge in [-0.3, -0.25) is 4.79 Å². The molecule has 0 N–H and O–H groups in total. The van der Waals surface area contributed by atoms with E-state index in [4.69, 9.17) is 13.9 Å². The summed E-state index contributed by atoms with van der Waals surface area (Å²) in [5.74, 6) is 1.78. The zero-order valence-electron chi connectivity index (χ0n) is 21.3. The molecule has 180 valence electrons. The van der Waals surface area contributed by atoms with Crippen LogP contribution in [0.3, 0.4) is 0 Å². The molecule has 5 heteroatoms. The van der Waals surface area contributed by atoms with E-state index in [1.54, 1.807) is 0 Å². The summed E-state index contributed by atoms with van der Waals surface area (Å²) >= 11 is 0. The number of ether oxygens (including phenoxy) is 2. The molecule has 3 saturated carbocycles. The molecule has 0 aromatic heterocycles. The van der Waals surface area contributed by atoms with E-state index >= 15 is 0 Å². The van der Waals surface area contributed by atoms with E-state index in [9.17, 15) is 4.79 Å². The predicted molar refractivity (Wildman–Crippen MR) is 129 cm³/mol. The van der Waals surface area contributed by atoms with Crippen molar-refractivity contribution in [2.24, 2.45) is 39.9 Å². The van der Waals surface area contributed by atoms with Crippen LogP contribution in [0.5, 0.6) is 0 Å². The van der Waals surface area contributed by atoms with Crippen molar-refractivity contribution in [2.45, 2.75) is 98.1 Å². The topological polar surface area (TPSA) is 44.8 Å². The second kappa shape index (κ2) is 7.50. The minimum absolute atomic E-state index is 0.0112. The van der Waals surface area contributed by atoms with Crippen molar-refractivity contribution in [3.63, 3.8) is 0 Å². The second-order valence-corrected chi connectivity index (χ2v) is 15.6. The third-order valence-corrected chi connectivity index (χ3v) is 11.1. The van der Waals surface area contributed by atoms with Gasteiger partial charge >= 0.3 is 0 Å². The average molecular weight is 461 g/mol. The molecule has 1 saturated heterocycles. The molecule has 1 spiro atoms. The van der Waals surface area contributed by atoms with E-state index in [0.29, 0.717) is 60.4 Å². The Labute approximate surface area is 196 Å². The molecule has 5 aliphatic rings. The molecule has 1 unspecified atom stereocenters. The van der Waals surface area contributed by atoms with Gasteiger partial charge in [0.15, 0.2) is 14.8 Å². The standard InChI is InChI=1S/C27H44O4Si/c1-24(2,3)21-9-8-19-23-20(10-11-25(19,21)4)26(5)17(16-27(23)29-12-13-30-27)14-18(28)15-22(26)31-32(6)7/h16,19-23,32H,8-15H2,1-7H3/t19-,20-,21+,22?,23-,25-,26-/m0/s1. The Hall–Kier alpha value is -0.493. The van der Waals surface area contributed by atoms with Gasteiger partial charge in [0.25, 0.3) is 0 Å². The molecule has 0 bridgehead atoms. The fourth-order valence-electron chi connectivity index (χ4n) is 9.16. The van der Waals surface area contributed by atoms with E-state index in [0.717, 1.165) is 5.92 Å². The maximum Gasteiger partial charge on any atom is 0.191 e. The Morgan fingerprint density at radius 3 is 2.38 bits per heavy atom. The summed E-state index contributed by atoms with van der Waals surface area (Å²) in [6, 6.07) is 0. The molecule has 0 aromatic carbocycles. The number of carbonyl (C=O) groups is 1. The van der Waals surface area contributed by atoms with Gasteiger partial charge in [-0.2, -0.15) is 0 Å². The second-order valence-electron chi connectivity index (χ2n) is 13.2. The molecule has 1 aliphatic heterocycles. The van der Waals surface area contributed by atoms with Crippen molar-refractivity contribution in [1.29, 1.82) is 0 Å². The predicted octanol–water partition coefficient (Wildman–Crippen LogP) is 5.51. The van der Waals surface area contributed by atoms with Crippen molar-refractivity contribution in [1.82, 2.24) is 0 Å². The number of rotatable bonds is 2. The van der Waals surface area contributed by atoms with Crippen molar-refractivity contribution in [3.8, 4) is 0 Å². The average Bonchev–Trinajstić information content (AvgIpc) is 3.27. The number of hydrogen-bond donors (Lipinski definition) is 0. The van der Waals surface area contributed by atoms with Gasteiger partial charge in [0, 0.05) is 24.2 Å². The zero-order chi connectivity index (χ0) is 23.1. The Morgan fingerprint density at radius 2 is 1.75 bits per heavy atom. The molecule has 0 radical (unpaired) electrons. The summed E-state index contributed by atoms with van der Waals surface area (Å²) in [4.78, 5) is 12.8. The molecule has 1 heterocycles. The Morgan fingerprint density at radius 1 is 1.06 bits per heavy atom. The van der Waals surface area contributed by atoms with Crippen LogP contribution < -0.4 is 0 Å². The minimum Gasteiger partial charge on any atom is -0.416 e. The smallest absolute Gasteiger partial charge is 0.191 e. The van der Waals surface area contributed by atoms with Gasteiger partial charge < -0.3 is 13.9 Å². The van der Waals surface area contributed by atoms with Gasteiger partial charge in [-0.15, -0.1) is 0 Å². The van der Waals surface area contributed by atoms with Crippen molar-refractivity contribution in [2.75, 3.05) is 13.2 Å². The molecule has 0 aromatic rings. The first kappa shape index (κ1) is 23.3. The third-order valence-electron chi connectivity index (χ3n) is 10.3. The number of hydrogen-bond acceptors (Lipinski definition) is 4. The Balaban J connectivity index is 1.63. The van der Waals surface area contributed by atoms with Crippen LogP contribution in [0.1, 0.15) is 73.1 Å². The first-order valence-electron chi connectivity index (χ1n) is 13.1. The molecular formula is C27H44O4Si. The SMILES string of the molecule is C[SiH](C)OC1CC(=O)CC2=CC3(OCCO3)[C@H]3[C@@H]4CC[C@H](C(C)(C)C)[C@@]4(C)CC[C@@H]3[C@]21C. The highest BCUT2D eigenvalue weighted by molar-refractivity contribution is 6.48. The summed E-state index contributed by atoms with van der Waals surface area (Å²) in [7, 11) is -1.28. The number of carbonyl (C=O) groups excluding carboxylic acids is 1. The quantitative estimate of drug-likeness (QED) is 0.402. The lowest BCUT2D eigenvalue weighted by atomic mass is 9.44. The van der Waals surface area contributed by atoms with Gasteiger partial charge in [-0.05, 0) is 73.4 Å². The highest BCUT2D eigenvalue weighted by Crippen LogP contribution is 2.70. The minimum atomic E-state index is -1.28. The molecule has 0 amide bonds. The highest BCUT2D eigenvalue weighted by Gasteiger charge is 2.68. The van der Waals surface area contributed by atoms with E-state index in [-0.39, 0.29) is 11.5 Å². The Bertz CT molecular complexity index is 807. The highest BCUT2D eigenvalue weighted by atomic mass is 28.3. The largest absolute Gasteiger partial charge is 0.416 e. The van der Waals surface area contributed by atoms with Crippen LogP contribution in [0.15, 0.2) is 11.6 Å². The van der Waals surface area contributed by atoms with Crippen molar-refractivity contribution >= 4 is 14.8 Å². The van der Waals surface area contributed by atoms with Crippen LogP contribution in [0, 0.1) is 39.9 Å². The van der Waals surface area contributed by atoms with Crippen LogP contribution in [0.4, 0.5) is 0 Å². The lowest BCUT2D eigenvalue weighted by molar-refractivity contribution is -0.239. The molecule has 32 heavy (non-hydrogen) atoms. The van der Waals surface area contributed by atoms with Crippen LogP contribution in [0.25, 0.3) is 0 Å². The summed E-state index contributed by atoms with van der Waals surface area (Å²) in [6.45, 7) is 18.1. The number of Topliss-reactive ketones (excluding diaryl/α,β-unsaturated/α-hetero) is 1. The lowest BCUT2D eigenvalue weighted by Gasteiger charge is -2.63. The summed E-state index contributed by atoms with van der Waals surface area (Å²) in [5.41, 5.74) is 1.78. The molecule has 4 nitrogen and oxygen atoms in total.